The van der Waals surface area contributed by atoms with Crippen LogP contribution in [0.25, 0.3) is 0 Å². The van der Waals surface area contributed by atoms with Gasteiger partial charge in [-0.1, -0.05) is 32.9 Å². The molecular formula is C40H62BNO6. The lowest BCUT2D eigenvalue weighted by molar-refractivity contribution is -0.174. The highest BCUT2D eigenvalue weighted by Gasteiger charge is 2.63. The van der Waals surface area contributed by atoms with Gasteiger partial charge in [0.2, 0.25) is 5.91 Å². The Kier molecular flexibility index (Phi) is 9.11. The predicted molar refractivity (Wildman–Crippen MR) is 189 cm³/mol. The molecule has 1 amide bonds. The molecule has 7 nitrogen and oxygen atoms in total. The van der Waals surface area contributed by atoms with E-state index in [9.17, 15) is 15.0 Å². The van der Waals surface area contributed by atoms with Crippen LogP contribution < -0.4 is 10.2 Å². The number of nitrogens with zero attached hydrogens (tertiary/aromatic N) is 1. The number of ether oxygens (including phenoxy) is 1. The van der Waals surface area contributed by atoms with Crippen LogP contribution in [0.2, 0.25) is 0 Å². The van der Waals surface area contributed by atoms with Crippen LogP contribution in [0.5, 0.6) is 5.75 Å². The van der Waals surface area contributed by atoms with Crippen molar-refractivity contribution in [2.75, 3.05) is 13.1 Å². The van der Waals surface area contributed by atoms with E-state index in [2.05, 4.69) is 48.5 Å². The minimum absolute atomic E-state index is 0.00885. The molecule has 7 rings (SSSR count). The van der Waals surface area contributed by atoms with Crippen molar-refractivity contribution in [1.29, 1.82) is 0 Å². The number of hydrogen-bond acceptors (Lipinski definition) is 6. The van der Waals surface area contributed by atoms with Gasteiger partial charge in [-0.3, -0.25) is 4.79 Å². The molecule has 2 N–H and O–H groups in total. The van der Waals surface area contributed by atoms with Crippen molar-refractivity contribution in [2.45, 2.75) is 149 Å². The molecule has 4 aliphatic carbocycles. The Morgan fingerprint density at radius 2 is 1.58 bits per heavy atom. The lowest BCUT2D eigenvalue weighted by Gasteiger charge is -2.62. The quantitative estimate of drug-likeness (QED) is 0.330. The van der Waals surface area contributed by atoms with Gasteiger partial charge in [-0.25, -0.2) is 0 Å². The Hall–Kier alpha value is -1.61. The van der Waals surface area contributed by atoms with Crippen molar-refractivity contribution in [1.82, 2.24) is 4.90 Å². The molecule has 0 spiro atoms. The summed E-state index contributed by atoms with van der Waals surface area (Å²) in [4.78, 5) is 15.4. The van der Waals surface area contributed by atoms with E-state index in [0.717, 1.165) is 56.3 Å². The summed E-state index contributed by atoms with van der Waals surface area (Å²) in [5.74, 6) is 4.16. The molecule has 2 heterocycles. The van der Waals surface area contributed by atoms with Gasteiger partial charge in [0.25, 0.3) is 0 Å². The number of likely N-dealkylation sites (tertiary alicyclic amines) is 1. The number of hydrogen-bond donors (Lipinski definition) is 2. The van der Waals surface area contributed by atoms with Gasteiger partial charge in [-0.05, 0) is 149 Å². The number of benzene rings is 1. The number of carbonyl (C=O) groups is 1. The topological polar surface area (TPSA) is 88.5 Å². The van der Waals surface area contributed by atoms with Gasteiger partial charge in [-0.2, -0.15) is 0 Å². The van der Waals surface area contributed by atoms with E-state index in [1.807, 2.05) is 29.2 Å². The third-order valence-electron chi connectivity index (χ3n) is 15.4. The van der Waals surface area contributed by atoms with Gasteiger partial charge in [0.05, 0.1) is 30.0 Å². The molecule has 6 fully saturated rings. The highest BCUT2D eigenvalue weighted by atomic mass is 16.7. The molecule has 0 aromatic heterocycles. The zero-order valence-corrected chi connectivity index (χ0v) is 30.7. The van der Waals surface area contributed by atoms with Crippen LogP contribution in [0.4, 0.5) is 0 Å². The van der Waals surface area contributed by atoms with Crippen molar-refractivity contribution >= 4 is 18.5 Å². The molecule has 48 heavy (non-hydrogen) atoms. The van der Waals surface area contributed by atoms with E-state index in [4.69, 9.17) is 14.0 Å². The van der Waals surface area contributed by atoms with Gasteiger partial charge >= 0.3 is 7.12 Å². The van der Waals surface area contributed by atoms with Crippen LogP contribution in [-0.2, 0) is 14.1 Å². The zero-order chi connectivity index (χ0) is 34.2. The maximum Gasteiger partial charge on any atom is 0.494 e. The third-order valence-corrected chi connectivity index (χ3v) is 15.4. The maximum atomic E-state index is 13.4. The van der Waals surface area contributed by atoms with Crippen LogP contribution >= 0.6 is 0 Å². The lowest BCUT2D eigenvalue weighted by Crippen LogP contribution is -2.58. The number of fused-ring (bicyclic) bond motifs is 5. The average Bonchev–Trinajstić information content (AvgIpc) is 3.70. The molecule has 6 aliphatic rings. The first-order valence-electron chi connectivity index (χ1n) is 19.4. The first kappa shape index (κ1) is 34.8. The summed E-state index contributed by atoms with van der Waals surface area (Å²) in [5.41, 5.74) is 0.743. The van der Waals surface area contributed by atoms with E-state index in [0.29, 0.717) is 48.5 Å². The second kappa shape index (κ2) is 12.6. The van der Waals surface area contributed by atoms with Crippen molar-refractivity contribution in [3.8, 4) is 5.75 Å². The van der Waals surface area contributed by atoms with Crippen LogP contribution in [-0.4, -0.2) is 70.7 Å². The zero-order valence-electron chi connectivity index (χ0n) is 30.7. The van der Waals surface area contributed by atoms with Gasteiger partial charge in [0, 0.05) is 19.4 Å². The molecule has 1 aromatic rings. The average molecular weight is 664 g/mol. The molecule has 4 saturated carbocycles. The number of aliphatic hydroxyl groups is 2. The van der Waals surface area contributed by atoms with E-state index in [1.165, 1.54) is 25.7 Å². The molecule has 2 saturated heterocycles. The van der Waals surface area contributed by atoms with Gasteiger partial charge in [-0.15, -0.1) is 0 Å². The Morgan fingerprint density at radius 3 is 2.29 bits per heavy atom. The molecule has 2 aliphatic heterocycles. The first-order valence-corrected chi connectivity index (χ1v) is 19.4. The second-order valence-corrected chi connectivity index (χ2v) is 18.5. The molecule has 1 unspecified atom stereocenters. The minimum atomic E-state index is -0.388. The SMILES string of the molecule is C[C@H](CCC(=O)N1CC[C@H](Oc2ccc(B3OC(C)(C)C(C)(C)O3)cc2)C1)[C@H]1CC[C@H]2C3[C@@H](O)C[C@@H]4C[C@H](O)CC[C@]4(C)[C@H]3CC[C@]12C. The molecule has 1 aromatic carbocycles. The number of rotatable bonds is 7. The van der Waals surface area contributed by atoms with Crippen molar-refractivity contribution < 1.29 is 29.1 Å². The van der Waals surface area contributed by atoms with E-state index in [1.54, 1.807) is 0 Å². The largest absolute Gasteiger partial charge is 0.494 e. The molecule has 266 valence electrons. The van der Waals surface area contributed by atoms with Gasteiger partial charge < -0.3 is 29.2 Å². The molecule has 0 radical (unpaired) electrons. The number of amides is 1. The fraction of sp³-hybridized carbons (Fsp3) is 0.825. The summed E-state index contributed by atoms with van der Waals surface area (Å²) in [7, 11) is -0.388. The Bertz CT molecular complexity index is 1320. The second-order valence-electron chi connectivity index (χ2n) is 18.5. The fourth-order valence-corrected chi connectivity index (χ4v) is 11.8. The number of carbonyl (C=O) groups excluding carboxylic acids is 1. The number of aliphatic hydroxyl groups excluding tert-OH is 2. The van der Waals surface area contributed by atoms with E-state index in [-0.39, 0.29) is 53.4 Å². The molecular weight excluding hydrogens is 601 g/mol. The predicted octanol–water partition coefficient (Wildman–Crippen LogP) is 6.37. The Balaban J connectivity index is 0.900. The van der Waals surface area contributed by atoms with Crippen molar-refractivity contribution in [2.24, 2.45) is 46.3 Å². The summed E-state index contributed by atoms with van der Waals surface area (Å²) in [6.45, 7) is 17.1. The third kappa shape index (κ3) is 5.96. The molecule has 0 bridgehead atoms. The normalized spacial score (nSPS) is 42.2. The minimum Gasteiger partial charge on any atom is -0.489 e. The fourth-order valence-electron chi connectivity index (χ4n) is 11.8. The van der Waals surface area contributed by atoms with E-state index < -0.39 is 0 Å². The molecule has 11 atom stereocenters. The Morgan fingerprint density at radius 1 is 0.917 bits per heavy atom. The molecule has 8 heteroatoms. The maximum absolute atomic E-state index is 13.4. The van der Waals surface area contributed by atoms with Crippen LogP contribution in [0.15, 0.2) is 24.3 Å². The lowest BCUT2D eigenvalue weighted by atomic mass is 9.43. The Labute approximate surface area is 290 Å². The van der Waals surface area contributed by atoms with Crippen LogP contribution in [0.1, 0.15) is 119 Å². The summed E-state index contributed by atoms with van der Waals surface area (Å²) in [6, 6.07) is 8.01. The monoisotopic (exact) mass is 663 g/mol. The van der Waals surface area contributed by atoms with Crippen molar-refractivity contribution in [3.63, 3.8) is 0 Å². The van der Waals surface area contributed by atoms with E-state index >= 15 is 0 Å². The smallest absolute Gasteiger partial charge is 0.489 e. The van der Waals surface area contributed by atoms with Crippen molar-refractivity contribution in [3.05, 3.63) is 24.3 Å². The van der Waals surface area contributed by atoms with Gasteiger partial charge in [0.1, 0.15) is 11.9 Å². The summed E-state index contributed by atoms with van der Waals surface area (Å²) in [6.07, 6.45) is 10.6. The highest BCUT2D eigenvalue weighted by Crippen LogP contribution is 2.68. The van der Waals surface area contributed by atoms with Crippen LogP contribution in [0.3, 0.4) is 0 Å². The van der Waals surface area contributed by atoms with Gasteiger partial charge in [0.15, 0.2) is 0 Å². The van der Waals surface area contributed by atoms with Crippen LogP contribution in [0, 0.1) is 46.3 Å². The summed E-state index contributed by atoms with van der Waals surface area (Å²) in [5, 5.41) is 22.0. The first-order chi connectivity index (χ1) is 22.6. The standard InChI is InChI=1S/C40H62BNO6/c1-25(31-13-14-32-36-33(17-20-40(31,32)7)39(6)19-16-28(43)22-26(39)23-34(36)44)8-15-35(45)42-21-18-30(24-42)46-29-11-9-27(10-12-29)41-47-37(2,3)38(4,5)48-41/h9-12,25-26,28,30-34,36,43-44H,8,13-24H2,1-7H3/t25-,26+,28-,30+,31-,32+,33+,34+,36?,39+,40-/m1/s1. The summed E-state index contributed by atoms with van der Waals surface area (Å²) < 4.78 is 18.7. The highest BCUT2D eigenvalue weighted by molar-refractivity contribution is 6.62. The summed E-state index contributed by atoms with van der Waals surface area (Å²) >= 11 is 0.